The zero-order valence-corrected chi connectivity index (χ0v) is 19.1. The first-order chi connectivity index (χ1) is 13.3. The van der Waals surface area contributed by atoms with Crippen molar-refractivity contribution in [2.75, 3.05) is 13.1 Å². The quantitative estimate of drug-likeness (QED) is 0.209. The summed E-state index contributed by atoms with van der Waals surface area (Å²) in [5, 5.41) is 0. The van der Waals surface area contributed by atoms with Crippen molar-refractivity contribution in [2.45, 2.75) is 136 Å². The molecule has 0 fully saturated rings. The summed E-state index contributed by atoms with van der Waals surface area (Å²) in [5.74, 6) is 0. The molecule has 1 rings (SSSR count). The summed E-state index contributed by atoms with van der Waals surface area (Å²) in [4.78, 5) is 5.17. The Morgan fingerprint density at radius 3 is 1.48 bits per heavy atom. The van der Waals surface area contributed by atoms with Crippen LogP contribution in [0.4, 0.5) is 0 Å². The minimum absolute atomic E-state index is 0.639. The predicted octanol–water partition coefficient (Wildman–Crippen LogP) is 8.09. The molecule has 0 aromatic heterocycles. The molecule has 0 saturated carbocycles. The number of unbranched alkanes of at least 4 members (excludes halogenated alkanes) is 14. The van der Waals surface area contributed by atoms with E-state index in [2.05, 4.69) is 43.0 Å². The van der Waals surface area contributed by atoms with Crippen LogP contribution in [0.15, 0.2) is 12.4 Å². The van der Waals surface area contributed by atoms with Crippen LogP contribution < -0.4 is 0 Å². The summed E-state index contributed by atoms with van der Waals surface area (Å²) in [6.07, 6.45) is 29.4. The molecule has 1 heterocycles. The van der Waals surface area contributed by atoms with Crippen molar-refractivity contribution in [2.24, 2.45) is 0 Å². The summed E-state index contributed by atoms with van der Waals surface area (Å²) in [5.41, 5.74) is 0. The molecule has 0 radical (unpaired) electrons. The van der Waals surface area contributed by atoms with E-state index in [1.807, 2.05) is 0 Å². The van der Waals surface area contributed by atoms with Crippen LogP contribution in [0.25, 0.3) is 0 Å². The molecule has 0 spiro atoms. The van der Waals surface area contributed by atoms with E-state index >= 15 is 0 Å². The third kappa shape index (κ3) is 11.7. The van der Waals surface area contributed by atoms with Crippen molar-refractivity contribution in [3.8, 4) is 0 Å². The van der Waals surface area contributed by atoms with Crippen LogP contribution in [0.3, 0.4) is 0 Å². The van der Waals surface area contributed by atoms with E-state index in [-0.39, 0.29) is 0 Å². The second-order valence-electron chi connectivity index (χ2n) is 8.59. The van der Waals surface area contributed by atoms with Gasteiger partial charge in [-0.2, -0.15) is 0 Å². The highest BCUT2D eigenvalue weighted by molar-refractivity contribution is 4.96. The standard InChI is InChI=1S/C25H50N2/c1-4-7-9-11-13-14-15-16-17-19-21-25-26(6-3)23-24-27(25)22-20-18-12-10-8-5-2/h23-25H,4-22H2,1-3H3. The van der Waals surface area contributed by atoms with Crippen LogP contribution in [-0.2, 0) is 0 Å². The minimum atomic E-state index is 0.639. The molecule has 0 aromatic rings. The first kappa shape index (κ1) is 24.4. The van der Waals surface area contributed by atoms with Crippen LogP contribution in [0.5, 0.6) is 0 Å². The van der Waals surface area contributed by atoms with Gasteiger partial charge in [-0.25, -0.2) is 0 Å². The smallest absolute Gasteiger partial charge is 0.101 e. The second kappa shape index (κ2) is 17.4. The van der Waals surface area contributed by atoms with Gasteiger partial charge in [-0.3, -0.25) is 0 Å². The van der Waals surface area contributed by atoms with Gasteiger partial charge < -0.3 is 9.80 Å². The summed E-state index contributed by atoms with van der Waals surface area (Å²) in [7, 11) is 0. The molecule has 27 heavy (non-hydrogen) atoms. The molecule has 1 aliphatic heterocycles. The Kier molecular flexibility index (Phi) is 15.7. The Balaban J connectivity index is 2.07. The third-order valence-corrected chi connectivity index (χ3v) is 6.17. The number of nitrogens with zero attached hydrogens (tertiary/aromatic N) is 2. The van der Waals surface area contributed by atoms with Gasteiger partial charge in [0.25, 0.3) is 0 Å². The highest BCUT2D eigenvalue weighted by Crippen LogP contribution is 2.22. The highest BCUT2D eigenvalue weighted by atomic mass is 15.4. The van der Waals surface area contributed by atoms with Crippen molar-refractivity contribution >= 4 is 0 Å². The molecule has 160 valence electrons. The number of rotatable bonds is 19. The van der Waals surface area contributed by atoms with Crippen LogP contribution >= 0.6 is 0 Å². The van der Waals surface area contributed by atoms with E-state index in [9.17, 15) is 0 Å². The molecule has 2 heteroatoms. The number of hydrogen-bond acceptors (Lipinski definition) is 2. The maximum absolute atomic E-state index is 2.62. The van der Waals surface area contributed by atoms with Crippen LogP contribution in [-0.4, -0.2) is 29.1 Å². The van der Waals surface area contributed by atoms with Crippen molar-refractivity contribution in [3.05, 3.63) is 12.4 Å². The van der Waals surface area contributed by atoms with Gasteiger partial charge in [-0.1, -0.05) is 104 Å². The van der Waals surface area contributed by atoms with Gasteiger partial charge in [0.05, 0.1) is 0 Å². The number of hydrogen-bond donors (Lipinski definition) is 0. The fourth-order valence-corrected chi connectivity index (χ4v) is 4.32. The highest BCUT2D eigenvalue weighted by Gasteiger charge is 2.23. The lowest BCUT2D eigenvalue weighted by atomic mass is 10.0. The first-order valence-corrected chi connectivity index (χ1v) is 12.5. The largest absolute Gasteiger partial charge is 0.356 e. The van der Waals surface area contributed by atoms with Crippen LogP contribution in [0.1, 0.15) is 130 Å². The Morgan fingerprint density at radius 1 is 0.519 bits per heavy atom. The SMILES string of the molecule is CCCCCCCCCCCCC1N(CC)C=CN1CCCCCCCC. The molecular formula is C25H50N2. The molecule has 0 N–H and O–H groups in total. The minimum Gasteiger partial charge on any atom is -0.356 e. The first-order valence-electron chi connectivity index (χ1n) is 12.5. The average Bonchev–Trinajstić information content (AvgIpc) is 3.08. The Hall–Kier alpha value is -0.660. The molecule has 1 unspecified atom stereocenters. The lowest BCUT2D eigenvalue weighted by Crippen LogP contribution is -2.38. The molecule has 2 nitrogen and oxygen atoms in total. The van der Waals surface area contributed by atoms with Crippen molar-refractivity contribution in [1.29, 1.82) is 0 Å². The molecule has 0 amide bonds. The van der Waals surface area contributed by atoms with Crippen LogP contribution in [0, 0.1) is 0 Å². The zero-order chi connectivity index (χ0) is 19.6. The Bertz CT molecular complexity index is 339. The van der Waals surface area contributed by atoms with Gasteiger partial charge in [-0.05, 0) is 26.2 Å². The van der Waals surface area contributed by atoms with Gasteiger partial charge in [0.2, 0.25) is 0 Å². The molecule has 1 atom stereocenters. The fourth-order valence-electron chi connectivity index (χ4n) is 4.32. The monoisotopic (exact) mass is 378 g/mol. The summed E-state index contributed by atoms with van der Waals surface area (Å²) in [6, 6.07) is 0. The third-order valence-electron chi connectivity index (χ3n) is 6.17. The van der Waals surface area contributed by atoms with Gasteiger partial charge >= 0.3 is 0 Å². The van der Waals surface area contributed by atoms with Gasteiger partial charge in [-0.15, -0.1) is 0 Å². The topological polar surface area (TPSA) is 6.48 Å². The van der Waals surface area contributed by atoms with E-state index in [0.717, 1.165) is 6.54 Å². The lowest BCUT2D eigenvalue weighted by Gasteiger charge is -2.32. The summed E-state index contributed by atoms with van der Waals surface area (Å²) < 4.78 is 0. The maximum atomic E-state index is 2.62. The van der Waals surface area contributed by atoms with Gasteiger partial charge in [0.15, 0.2) is 0 Å². The molecule has 0 aliphatic carbocycles. The van der Waals surface area contributed by atoms with Crippen molar-refractivity contribution in [1.82, 2.24) is 9.80 Å². The second-order valence-corrected chi connectivity index (χ2v) is 8.59. The zero-order valence-electron chi connectivity index (χ0n) is 19.1. The van der Waals surface area contributed by atoms with E-state index in [1.165, 1.54) is 116 Å². The normalized spacial score (nSPS) is 16.6. The predicted molar refractivity (Wildman–Crippen MR) is 122 cm³/mol. The van der Waals surface area contributed by atoms with Crippen LogP contribution in [0.2, 0.25) is 0 Å². The van der Waals surface area contributed by atoms with Gasteiger partial charge in [0, 0.05) is 25.5 Å². The average molecular weight is 379 g/mol. The summed E-state index contributed by atoms with van der Waals surface area (Å²) in [6.45, 7) is 9.29. The van der Waals surface area contributed by atoms with E-state index in [4.69, 9.17) is 0 Å². The summed E-state index contributed by atoms with van der Waals surface area (Å²) >= 11 is 0. The van der Waals surface area contributed by atoms with Gasteiger partial charge in [0.1, 0.15) is 6.17 Å². The molecule has 0 saturated heterocycles. The van der Waals surface area contributed by atoms with E-state index in [0.29, 0.717) is 6.17 Å². The maximum Gasteiger partial charge on any atom is 0.101 e. The molecule has 0 aromatic carbocycles. The van der Waals surface area contributed by atoms with Crippen molar-refractivity contribution in [3.63, 3.8) is 0 Å². The van der Waals surface area contributed by atoms with Crippen molar-refractivity contribution < 1.29 is 0 Å². The Labute approximate surface area is 171 Å². The Morgan fingerprint density at radius 2 is 0.963 bits per heavy atom. The van der Waals surface area contributed by atoms with E-state index in [1.54, 1.807) is 0 Å². The fraction of sp³-hybridized carbons (Fsp3) is 0.920. The molecule has 0 bridgehead atoms. The molecule has 1 aliphatic rings. The lowest BCUT2D eigenvalue weighted by molar-refractivity contribution is 0.142. The van der Waals surface area contributed by atoms with E-state index < -0.39 is 0 Å². The molecular weight excluding hydrogens is 328 g/mol.